The van der Waals surface area contributed by atoms with Crippen molar-refractivity contribution >= 4 is 22.8 Å². The van der Waals surface area contributed by atoms with Crippen molar-refractivity contribution in [3.05, 3.63) is 36.2 Å². The number of hydrogen-bond donors (Lipinski definition) is 1. The summed E-state index contributed by atoms with van der Waals surface area (Å²) in [6.45, 7) is 7.90. The molecule has 1 saturated heterocycles. The van der Waals surface area contributed by atoms with Crippen molar-refractivity contribution < 1.29 is 14.0 Å². The normalized spacial score (nSPS) is 16.6. The molecular formula is C24H31N5O3. The average molecular weight is 438 g/mol. The van der Waals surface area contributed by atoms with Gasteiger partial charge in [0.05, 0.1) is 29.3 Å². The van der Waals surface area contributed by atoms with E-state index in [2.05, 4.69) is 17.3 Å². The van der Waals surface area contributed by atoms with Crippen molar-refractivity contribution in [2.75, 3.05) is 19.6 Å². The molecule has 32 heavy (non-hydrogen) atoms. The topological polar surface area (TPSA) is 93.3 Å². The highest BCUT2D eigenvalue weighted by atomic mass is 16.3. The summed E-state index contributed by atoms with van der Waals surface area (Å²) in [5, 5.41) is 8.21. The lowest BCUT2D eigenvalue weighted by atomic mass is 9.96. The number of carbonyl (C=O) groups is 2. The van der Waals surface area contributed by atoms with Crippen molar-refractivity contribution in [1.82, 2.24) is 25.0 Å². The first-order valence-electron chi connectivity index (χ1n) is 11.5. The summed E-state index contributed by atoms with van der Waals surface area (Å²) in [4.78, 5) is 32.8. The minimum atomic E-state index is -0.176. The molecule has 1 aliphatic rings. The van der Waals surface area contributed by atoms with E-state index in [1.165, 1.54) is 0 Å². The van der Waals surface area contributed by atoms with Gasteiger partial charge in [-0.05, 0) is 51.3 Å². The molecule has 4 heterocycles. The fourth-order valence-electron chi connectivity index (χ4n) is 4.20. The minimum absolute atomic E-state index is 0.0414. The zero-order valence-electron chi connectivity index (χ0n) is 19.0. The number of hydrogen-bond acceptors (Lipinski definition) is 5. The van der Waals surface area contributed by atoms with Gasteiger partial charge in [0.2, 0.25) is 5.91 Å². The molecule has 3 aromatic rings. The van der Waals surface area contributed by atoms with E-state index in [1.807, 2.05) is 24.6 Å². The molecule has 8 nitrogen and oxygen atoms in total. The van der Waals surface area contributed by atoms with Crippen molar-refractivity contribution in [2.24, 2.45) is 5.92 Å². The highest BCUT2D eigenvalue weighted by molar-refractivity contribution is 6.06. The van der Waals surface area contributed by atoms with E-state index in [-0.39, 0.29) is 23.8 Å². The maximum Gasteiger partial charge on any atom is 0.254 e. The monoisotopic (exact) mass is 437 g/mol. The SMILES string of the molecule is CCCCNC(=O)C1CCCN(C(=O)c2cc(-c3ccco3)nc3c2cnn3C(C)C)C1. The molecule has 0 aliphatic carbocycles. The highest BCUT2D eigenvalue weighted by Gasteiger charge is 2.30. The van der Waals surface area contributed by atoms with Crippen LogP contribution in [0.5, 0.6) is 0 Å². The molecule has 170 valence electrons. The number of piperidine rings is 1. The Morgan fingerprint density at radius 1 is 1.34 bits per heavy atom. The van der Waals surface area contributed by atoms with Crippen molar-refractivity contribution in [1.29, 1.82) is 0 Å². The summed E-state index contributed by atoms with van der Waals surface area (Å²) < 4.78 is 7.37. The predicted octanol–water partition coefficient (Wildman–Crippen LogP) is 4.04. The summed E-state index contributed by atoms with van der Waals surface area (Å²) >= 11 is 0. The first-order chi connectivity index (χ1) is 15.5. The number of carbonyl (C=O) groups excluding carboxylic acids is 2. The first-order valence-corrected chi connectivity index (χ1v) is 11.5. The quantitative estimate of drug-likeness (QED) is 0.563. The summed E-state index contributed by atoms with van der Waals surface area (Å²) in [5.41, 5.74) is 1.79. The van der Waals surface area contributed by atoms with Gasteiger partial charge in [-0.2, -0.15) is 5.10 Å². The minimum Gasteiger partial charge on any atom is -0.463 e. The third-order valence-electron chi connectivity index (χ3n) is 5.97. The van der Waals surface area contributed by atoms with E-state index in [0.717, 1.165) is 25.7 Å². The van der Waals surface area contributed by atoms with Gasteiger partial charge in [0, 0.05) is 25.7 Å². The number of pyridine rings is 1. The Labute approximate surface area is 188 Å². The Morgan fingerprint density at radius 2 is 2.19 bits per heavy atom. The van der Waals surface area contributed by atoms with Gasteiger partial charge in [-0.3, -0.25) is 9.59 Å². The van der Waals surface area contributed by atoms with Crippen LogP contribution in [0.25, 0.3) is 22.5 Å². The van der Waals surface area contributed by atoms with E-state index in [1.54, 1.807) is 29.5 Å². The zero-order valence-corrected chi connectivity index (χ0v) is 19.0. The summed E-state index contributed by atoms with van der Waals surface area (Å²) in [6.07, 6.45) is 6.91. The number of nitrogens with zero attached hydrogens (tertiary/aromatic N) is 4. The second kappa shape index (κ2) is 9.54. The van der Waals surface area contributed by atoms with E-state index >= 15 is 0 Å². The van der Waals surface area contributed by atoms with Crippen LogP contribution in [0, 0.1) is 5.92 Å². The molecule has 1 unspecified atom stereocenters. The van der Waals surface area contributed by atoms with Crippen LogP contribution in [-0.2, 0) is 4.79 Å². The number of likely N-dealkylation sites (tertiary alicyclic amines) is 1. The van der Waals surface area contributed by atoms with E-state index in [9.17, 15) is 9.59 Å². The molecule has 2 amide bonds. The van der Waals surface area contributed by atoms with Gasteiger partial charge in [-0.1, -0.05) is 13.3 Å². The van der Waals surface area contributed by atoms with Crippen LogP contribution in [-0.4, -0.2) is 51.1 Å². The van der Waals surface area contributed by atoms with Crippen LogP contribution in [0.15, 0.2) is 35.1 Å². The number of unbranched alkanes of at least 4 members (excludes halogenated alkanes) is 1. The van der Waals surface area contributed by atoms with Gasteiger partial charge in [0.1, 0.15) is 5.69 Å². The molecule has 0 aromatic carbocycles. The van der Waals surface area contributed by atoms with E-state index in [0.29, 0.717) is 47.7 Å². The first kappa shape index (κ1) is 22.0. The molecule has 1 N–H and O–H groups in total. The summed E-state index contributed by atoms with van der Waals surface area (Å²) in [7, 11) is 0. The zero-order chi connectivity index (χ0) is 22.7. The summed E-state index contributed by atoms with van der Waals surface area (Å²) in [5.74, 6) is 0.369. The van der Waals surface area contributed by atoms with Crippen LogP contribution in [0.1, 0.15) is 62.9 Å². The number of rotatable bonds is 7. The largest absolute Gasteiger partial charge is 0.463 e. The van der Waals surface area contributed by atoms with Gasteiger partial charge < -0.3 is 14.6 Å². The van der Waals surface area contributed by atoms with E-state index < -0.39 is 0 Å². The van der Waals surface area contributed by atoms with Crippen LogP contribution in [0.2, 0.25) is 0 Å². The number of aromatic nitrogens is 3. The third-order valence-corrected chi connectivity index (χ3v) is 5.97. The predicted molar refractivity (Wildman–Crippen MR) is 122 cm³/mol. The molecule has 1 atom stereocenters. The number of furan rings is 1. The molecule has 0 saturated carbocycles. The molecule has 4 rings (SSSR count). The van der Waals surface area contributed by atoms with Gasteiger partial charge in [-0.25, -0.2) is 9.67 Å². The third kappa shape index (κ3) is 4.40. The van der Waals surface area contributed by atoms with Crippen molar-refractivity contribution in [3.63, 3.8) is 0 Å². The Balaban J connectivity index is 1.65. The molecule has 0 spiro atoms. The average Bonchev–Trinajstić information content (AvgIpc) is 3.48. The lowest BCUT2D eigenvalue weighted by molar-refractivity contribution is -0.126. The fourth-order valence-corrected chi connectivity index (χ4v) is 4.20. The number of fused-ring (bicyclic) bond motifs is 1. The Bertz CT molecular complexity index is 1090. The number of amides is 2. The molecule has 1 fully saturated rings. The van der Waals surface area contributed by atoms with Gasteiger partial charge in [0.15, 0.2) is 11.4 Å². The molecule has 0 radical (unpaired) electrons. The second-order valence-electron chi connectivity index (χ2n) is 8.69. The fraction of sp³-hybridized carbons (Fsp3) is 0.500. The number of nitrogens with one attached hydrogen (secondary N) is 1. The van der Waals surface area contributed by atoms with Gasteiger partial charge in [0.25, 0.3) is 5.91 Å². The maximum absolute atomic E-state index is 13.6. The van der Waals surface area contributed by atoms with Gasteiger partial charge in [-0.15, -0.1) is 0 Å². The van der Waals surface area contributed by atoms with Crippen LogP contribution < -0.4 is 5.32 Å². The van der Waals surface area contributed by atoms with Crippen LogP contribution >= 0.6 is 0 Å². The molecule has 3 aromatic heterocycles. The molecular weight excluding hydrogens is 406 g/mol. The lowest BCUT2D eigenvalue weighted by Crippen LogP contribution is -2.45. The molecule has 0 bridgehead atoms. The Hall–Kier alpha value is -3.16. The summed E-state index contributed by atoms with van der Waals surface area (Å²) in [6, 6.07) is 5.51. The smallest absolute Gasteiger partial charge is 0.254 e. The molecule has 1 aliphatic heterocycles. The van der Waals surface area contributed by atoms with Crippen LogP contribution in [0.4, 0.5) is 0 Å². The Morgan fingerprint density at radius 3 is 2.91 bits per heavy atom. The van der Waals surface area contributed by atoms with Gasteiger partial charge >= 0.3 is 0 Å². The van der Waals surface area contributed by atoms with E-state index in [4.69, 9.17) is 9.40 Å². The van der Waals surface area contributed by atoms with Crippen molar-refractivity contribution in [3.8, 4) is 11.5 Å². The maximum atomic E-state index is 13.6. The Kier molecular flexibility index (Phi) is 6.58. The standard InChI is InChI=1S/C24H31N5O3/c1-4-5-10-25-23(30)17-8-6-11-28(15-17)24(31)18-13-20(21-9-7-12-32-21)27-22-19(18)14-26-29(22)16(2)3/h7,9,12-14,16-17H,4-6,8,10-11,15H2,1-3H3,(H,25,30). The molecule has 8 heteroatoms. The highest BCUT2D eigenvalue weighted by Crippen LogP contribution is 2.29. The van der Waals surface area contributed by atoms with Crippen molar-refractivity contribution in [2.45, 2.75) is 52.5 Å². The lowest BCUT2D eigenvalue weighted by Gasteiger charge is -2.32. The second-order valence-corrected chi connectivity index (χ2v) is 8.69. The van der Waals surface area contributed by atoms with Crippen LogP contribution in [0.3, 0.4) is 0 Å².